The highest BCUT2D eigenvalue weighted by Gasteiger charge is 2.19. The van der Waals surface area contributed by atoms with E-state index in [1.807, 2.05) is 6.92 Å². The van der Waals surface area contributed by atoms with Gasteiger partial charge in [-0.1, -0.05) is 12.1 Å². The maximum atomic E-state index is 12.9. The molecule has 3 rings (SSSR count). The molecule has 0 amide bonds. The smallest absolute Gasteiger partial charge is 0.171 e. The quantitative estimate of drug-likeness (QED) is 0.829. The first kappa shape index (κ1) is 11.4. The van der Waals surface area contributed by atoms with Crippen molar-refractivity contribution in [2.45, 2.75) is 13.2 Å². The number of aliphatic imine (C=N–C) groups is 1. The number of thiophene rings is 1. The predicted octanol–water partition coefficient (Wildman–Crippen LogP) is 2.95. The number of fused-ring (bicyclic) bond motifs is 1. The number of nitrogens with zero attached hydrogens (tertiary/aromatic N) is 1. The van der Waals surface area contributed by atoms with E-state index in [2.05, 4.69) is 10.3 Å². The third-order valence-corrected chi connectivity index (χ3v) is 4.23. The van der Waals surface area contributed by atoms with Crippen LogP contribution in [-0.2, 0) is 0 Å². The molecule has 1 atom stereocenters. The van der Waals surface area contributed by atoms with Crippen LogP contribution < -0.4 is 11.1 Å². The van der Waals surface area contributed by atoms with Crippen molar-refractivity contribution in [1.82, 2.24) is 0 Å². The molecule has 0 bridgehead atoms. The minimum absolute atomic E-state index is 0.223. The molecule has 1 aromatic heterocycles. The summed E-state index contributed by atoms with van der Waals surface area (Å²) in [7, 11) is 0. The lowest BCUT2D eigenvalue weighted by molar-refractivity contribution is 0.628. The lowest BCUT2D eigenvalue weighted by atomic mass is 10.1. The average Bonchev–Trinajstić information content (AvgIpc) is 2.67. The van der Waals surface area contributed by atoms with E-state index in [1.54, 1.807) is 29.7 Å². The number of hydrogen-bond acceptors (Lipinski definition) is 4. The Hall–Kier alpha value is -1.72. The summed E-state index contributed by atoms with van der Waals surface area (Å²) in [4.78, 5) is 5.26. The van der Waals surface area contributed by atoms with Crippen LogP contribution in [0.15, 0.2) is 29.3 Å². The molecule has 1 aliphatic heterocycles. The monoisotopic (exact) mass is 261 g/mol. The molecule has 3 nitrogen and oxygen atoms in total. The van der Waals surface area contributed by atoms with Gasteiger partial charge in [-0.15, -0.1) is 11.3 Å². The van der Waals surface area contributed by atoms with Crippen LogP contribution in [0.3, 0.4) is 0 Å². The molecule has 0 spiro atoms. The molecular weight excluding hydrogens is 249 g/mol. The fraction of sp³-hybridized carbons (Fsp3) is 0.154. The molecule has 1 aromatic carbocycles. The minimum atomic E-state index is -0.378. The molecule has 5 heteroatoms. The van der Waals surface area contributed by atoms with E-state index in [1.165, 1.54) is 12.1 Å². The topological polar surface area (TPSA) is 50.4 Å². The van der Waals surface area contributed by atoms with E-state index < -0.39 is 0 Å². The molecular formula is C13H12FN3S. The second kappa shape index (κ2) is 4.19. The van der Waals surface area contributed by atoms with Crippen molar-refractivity contribution < 1.29 is 4.39 Å². The van der Waals surface area contributed by atoms with E-state index in [4.69, 9.17) is 5.73 Å². The number of nitrogens with one attached hydrogen (secondary N) is 1. The molecule has 0 saturated carbocycles. The van der Waals surface area contributed by atoms with Gasteiger partial charge in [0.1, 0.15) is 10.8 Å². The van der Waals surface area contributed by atoms with E-state index in [-0.39, 0.29) is 12.1 Å². The van der Waals surface area contributed by atoms with Gasteiger partial charge < -0.3 is 5.32 Å². The Morgan fingerprint density at radius 1 is 1.33 bits per heavy atom. The second-order valence-corrected chi connectivity index (χ2v) is 5.19. The maximum Gasteiger partial charge on any atom is 0.171 e. The molecule has 18 heavy (non-hydrogen) atoms. The molecule has 2 heterocycles. The highest BCUT2D eigenvalue weighted by atomic mass is 32.1. The summed E-state index contributed by atoms with van der Waals surface area (Å²) in [6.07, 6.45) is 1.42. The Kier molecular flexibility index (Phi) is 2.65. The van der Waals surface area contributed by atoms with Gasteiger partial charge in [0, 0.05) is 16.7 Å². The maximum absolute atomic E-state index is 12.9. The van der Waals surface area contributed by atoms with E-state index in [0.717, 1.165) is 26.6 Å². The van der Waals surface area contributed by atoms with Gasteiger partial charge in [0.05, 0.1) is 0 Å². The Labute approximate surface area is 108 Å². The van der Waals surface area contributed by atoms with Gasteiger partial charge in [-0.25, -0.2) is 4.39 Å². The van der Waals surface area contributed by atoms with Crippen LogP contribution in [0, 0.1) is 12.7 Å². The van der Waals surface area contributed by atoms with Crippen LogP contribution in [0.2, 0.25) is 0 Å². The molecule has 2 aromatic rings. The predicted molar refractivity (Wildman–Crippen MR) is 73.6 cm³/mol. The van der Waals surface area contributed by atoms with Gasteiger partial charge in [0.25, 0.3) is 0 Å². The van der Waals surface area contributed by atoms with Crippen molar-refractivity contribution in [3.05, 3.63) is 41.2 Å². The minimum Gasteiger partial charge on any atom is -0.343 e. The van der Waals surface area contributed by atoms with Crippen molar-refractivity contribution in [2.24, 2.45) is 10.7 Å². The zero-order valence-corrected chi connectivity index (χ0v) is 10.6. The van der Waals surface area contributed by atoms with Crippen LogP contribution in [-0.4, -0.2) is 12.5 Å². The molecule has 0 aliphatic carbocycles. The van der Waals surface area contributed by atoms with Crippen molar-refractivity contribution in [2.75, 3.05) is 5.32 Å². The summed E-state index contributed by atoms with van der Waals surface area (Å²) >= 11 is 1.62. The molecule has 0 saturated heterocycles. The second-order valence-electron chi connectivity index (χ2n) is 4.17. The first-order valence-corrected chi connectivity index (χ1v) is 6.41. The number of anilines is 1. The molecule has 92 valence electrons. The summed E-state index contributed by atoms with van der Waals surface area (Å²) in [6, 6.07) is 6.52. The van der Waals surface area contributed by atoms with Crippen molar-refractivity contribution >= 4 is 22.6 Å². The van der Waals surface area contributed by atoms with Gasteiger partial charge in [-0.05, 0) is 30.2 Å². The summed E-state index contributed by atoms with van der Waals surface area (Å²) in [5.41, 5.74) is 8.94. The van der Waals surface area contributed by atoms with E-state index in [0.29, 0.717) is 0 Å². The summed E-state index contributed by atoms with van der Waals surface area (Å²) in [5.74, 6) is -0.223. The lowest BCUT2D eigenvalue weighted by Gasteiger charge is -2.14. The number of hydrogen-bond donors (Lipinski definition) is 2. The van der Waals surface area contributed by atoms with E-state index in [9.17, 15) is 4.39 Å². The molecule has 1 unspecified atom stereocenters. The number of halogens is 1. The molecule has 1 aliphatic rings. The van der Waals surface area contributed by atoms with Crippen molar-refractivity contribution in [3.63, 3.8) is 0 Å². The molecule has 0 radical (unpaired) electrons. The van der Waals surface area contributed by atoms with Gasteiger partial charge >= 0.3 is 0 Å². The zero-order valence-electron chi connectivity index (χ0n) is 9.77. The fourth-order valence-corrected chi connectivity index (χ4v) is 3.21. The Bertz CT molecular complexity index is 616. The fourth-order valence-electron chi connectivity index (χ4n) is 1.99. The highest BCUT2D eigenvalue weighted by molar-refractivity contribution is 7.20. The first-order valence-electron chi connectivity index (χ1n) is 5.60. The number of benzene rings is 1. The first-order chi connectivity index (χ1) is 8.65. The Morgan fingerprint density at radius 2 is 2.06 bits per heavy atom. The third kappa shape index (κ3) is 1.81. The average molecular weight is 261 g/mol. The highest BCUT2D eigenvalue weighted by Crippen LogP contribution is 2.40. The summed E-state index contributed by atoms with van der Waals surface area (Å²) < 4.78 is 12.9. The number of nitrogens with two attached hydrogens (primary N) is 1. The van der Waals surface area contributed by atoms with Gasteiger partial charge in [-0.2, -0.15) is 0 Å². The van der Waals surface area contributed by atoms with Gasteiger partial charge in [0.15, 0.2) is 6.29 Å². The van der Waals surface area contributed by atoms with Crippen LogP contribution >= 0.6 is 11.3 Å². The third-order valence-electron chi connectivity index (χ3n) is 2.94. The lowest BCUT2D eigenvalue weighted by Crippen LogP contribution is -2.29. The summed E-state index contributed by atoms with van der Waals surface area (Å²) in [5, 5.41) is 4.15. The van der Waals surface area contributed by atoms with Crippen LogP contribution in [0.4, 0.5) is 9.39 Å². The standard InChI is InChI=1S/C13H12FN3S/c1-7-10-6-16-13(15)17-12(10)18-11(7)8-2-4-9(14)5-3-8/h2-6,13,17H,15H2,1H3. The Balaban J connectivity index is 2.09. The SMILES string of the molecule is Cc1c(-c2ccc(F)cc2)sc2c1C=NC(N)N2. The van der Waals surface area contributed by atoms with Crippen molar-refractivity contribution in [3.8, 4) is 10.4 Å². The van der Waals surface area contributed by atoms with Gasteiger partial charge in [0.2, 0.25) is 0 Å². The zero-order chi connectivity index (χ0) is 12.7. The van der Waals surface area contributed by atoms with Crippen molar-refractivity contribution in [1.29, 1.82) is 0 Å². The van der Waals surface area contributed by atoms with Crippen LogP contribution in [0.25, 0.3) is 10.4 Å². The Morgan fingerprint density at radius 3 is 2.78 bits per heavy atom. The van der Waals surface area contributed by atoms with Crippen LogP contribution in [0.5, 0.6) is 0 Å². The molecule has 0 fully saturated rings. The normalized spacial score (nSPS) is 17.4. The summed E-state index contributed by atoms with van der Waals surface area (Å²) in [6.45, 7) is 2.04. The van der Waals surface area contributed by atoms with Gasteiger partial charge in [-0.3, -0.25) is 10.7 Å². The largest absolute Gasteiger partial charge is 0.343 e. The van der Waals surface area contributed by atoms with E-state index >= 15 is 0 Å². The number of rotatable bonds is 1. The molecule has 3 N–H and O–H groups in total. The van der Waals surface area contributed by atoms with Crippen LogP contribution in [0.1, 0.15) is 11.1 Å².